The second-order valence-corrected chi connectivity index (χ2v) is 8.10. The van der Waals surface area contributed by atoms with E-state index in [0.29, 0.717) is 10.6 Å². The second kappa shape index (κ2) is 7.84. The van der Waals surface area contributed by atoms with Crippen molar-refractivity contribution >= 4 is 27.4 Å². The predicted molar refractivity (Wildman–Crippen MR) is 85.0 cm³/mol. The van der Waals surface area contributed by atoms with E-state index in [2.05, 4.69) is 0 Å². The molecule has 0 fully saturated rings. The van der Waals surface area contributed by atoms with E-state index in [0.717, 1.165) is 17.7 Å². The summed E-state index contributed by atoms with van der Waals surface area (Å²) < 4.78 is 24.7. The van der Waals surface area contributed by atoms with Gasteiger partial charge in [0.25, 0.3) is 0 Å². The van der Waals surface area contributed by atoms with Crippen LogP contribution in [0.3, 0.4) is 0 Å². The fraction of sp³-hybridized carbons (Fsp3) is 0.533. The molecule has 0 radical (unpaired) electrons. The van der Waals surface area contributed by atoms with E-state index in [4.69, 9.17) is 0 Å². The Morgan fingerprint density at radius 3 is 2.60 bits per heavy atom. The maximum Gasteiger partial charge on any atom is 0.179 e. The van der Waals surface area contributed by atoms with Crippen molar-refractivity contribution in [2.45, 2.75) is 32.1 Å². The van der Waals surface area contributed by atoms with E-state index in [9.17, 15) is 13.2 Å². The molecule has 3 nitrogen and oxygen atoms in total. The van der Waals surface area contributed by atoms with Crippen molar-refractivity contribution in [3.8, 4) is 0 Å². The molecule has 1 rings (SSSR count). The molecule has 0 aliphatic rings. The van der Waals surface area contributed by atoms with Gasteiger partial charge in [-0.3, -0.25) is 4.79 Å². The van der Waals surface area contributed by atoms with Gasteiger partial charge >= 0.3 is 0 Å². The molecular weight excluding hydrogens is 292 g/mol. The number of hydrogen-bond acceptors (Lipinski definition) is 4. The molecule has 0 heterocycles. The van der Waals surface area contributed by atoms with E-state index in [-0.39, 0.29) is 11.5 Å². The Morgan fingerprint density at radius 1 is 1.30 bits per heavy atom. The summed E-state index contributed by atoms with van der Waals surface area (Å²) in [6, 6.07) is 6.97. The first kappa shape index (κ1) is 17.2. The lowest BCUT2D eigenvalue weighted by atomic mass is 10.1. The highest BCUT2D eigenvalue weighted by molar-refractivity contribution is 7.99. The number of ketones is 1. The van der Waals surface area contributed by atoms with Crippen LogP contribution in [0, 0.1) is 5.92 Å². The predicted octanol–water partition coefficient (Wildman–Crippen LogP) is 2.98. The Labute approximate surface area is 126 Å². The second-order valence-electron chi connectivity index (χ2n) is 4.79. The van der Waals surface area contributed by atoms with Crippen LogP contribution in [0.5, 0.6) is 0 Å². The largest absolute Gasteiger partial charge is 0.298 e. The molecular formula is C15H22O3S2. The molecule has 0 saturated carbocycles. The van der Waals surface area contributed by atoms with Crippen LogP contribution in [0.1, 0.15) is 26.3 Å². The zero-order valence-corrected chi connectivity index (χ0v) is 13.9. The van der Waals surface area contributed by atoms with Gasteiger partial charge < -0.3 is 0 Å². The molecule has 1 atom stereocenters. The number of carbonyl (C=O) groups is 1. The Bertz CT molecular complexity index is 550. The average Bonchev–Trinajstić information content (AvgIpc) is 2.44. The number of benzene rings is 1. The summed E-state index contributed by atoms with van der Waals surface area (Å²) in [6.07, 6.45) is 0.797. The van der Waals surface area contributed by atoms with Gasteiger partial charge in [0, 0.05) is 5.92 Å². The van der Waals surface area contributed by atoms with Gasteiger partial charge in [0.05, 0.1) is 16.4 Å². The number of sulfone groups is 1. The Balaban J connectivity index is 2.81. The number of thioether (sulfide) groups is 1. The fourth-order valence-corrected chi connectivity index (χ4v) is 4.17. The number of aryl methyl sites for hydroxylation is 1. The molecule has 1 aromatic carbocycles. The van der Waals surface area contributed by atoms with Crippen LogP contribution in [-0.4, -0.2) is 31.5 Å². The molecule has 0 N–H and O–H groups in total. The normalized spacial score (nSPS) is 13.2. The van der Waals surface area contributed by atoms with Crippen LogP contribution in [0.4, 0.5) is 0 Å². The highest BCUT2D eigenvalue weighted by atomic mass is 32.2. The summed E-state index contributed by atoms with van der Waals surface area (Å²) in [5.41, 5.74) is 0.992. The monoisotopic (exact) mass is 314 g/mol. The third-order valence-electron chi connectivity index (χ3n) is 3.13. The van der Waals surface area contributed by atoms with Crippen LogP contribution in [0.2, 0.25) is 0 Å². The summed E-state index contributed by atoms with van der Waals surface area (Å²) in [4.78, 5) is 12.2. The van der Waals surface area contributed by atoms with Gasteiger partial charge in [-0.05, 0) is 29.9 Å². The third kappa shape index (κ3) is 4.94. The molecule has 112 valence electrons. The minimum atomic E-state index is -3.39. The third-order valence-corrected chi connectivity index (χ3v) is 5.94. The Morgan fingerprint density at radius 2 is 2.00 bits per heavy atom. The number of carbonyl (C=O) groups excluding carboxylic acids is 1. The molecule has 20 heavy (non-hydrogen) atoms. The van der Waals surface area contributed by atoms with Crippen molar-refractivity contribution in [1.29, 1.82) is 0 Å². The molecule has 0 unspecified atom stereocenters. The SMILES string of the molecule is CCSCC(=O)[C@H](C)CS(=O)(=O)c1cccc(CC)c1. The van der Waals surface area contributed by atoms with E-state index in [1.54, 1.807) is 25.1 Å². The minimum Gasteiger partial charge on any atom is -0.298 e. The van der Waals surface area contributed by atoms with Crippen LogP contribution in [-0.2, 0) is 21.1 Å². The molecule has 0 aliphatic carbocycles. The lowest BCUT2D eigenvalue weighted by Crippen LogP contribution is -2.23. The zero-order chi connectivity index (χ0) is 15.2. The highest BCUT2D eigenvalue weighted by Crippen LogP contribution is 2.17. The van der Waals surface area contributed by atoms with Gasteiger partial charge in [-0.15, -0.1) is 0 Å². The summed E-state index contributed by atoms with van der Waals surface area (Å²) in [5.74, 6) is 0.700. The first-order valence-electron chi connectivity index (χ1n) is 6.82. The lowest BCUT2D eigenvalue weighted by Gasteiger charge is -2.11. The molecule has 0 amide bonds. The molecule has 0 saturated heterocycles. The maximum atomic E-state index is 12.3. The van der Waals surface area contributed by atoms with Gasteiger partial charge in [-0.25, -0.2) is 8.42 Å². The van der Waals surface area contributed by atoms with Crippen LogP contribution in [0.25, 0.3) is 0 Å². The van der Waals surface area contributed by atoms with Crippen molar-refractivity contribution in [3.05, 3.63) is 29.8 Å². The smallest absolute Gasteiger partial charge is 0.179 e. The first-order chi connectivity index (χ1) is 9.40. The van der Waals surface area contributed by atoms with Crippen molar-refractivity contribution < 1.29 is 13.2 Å². The van der Waals surface area contributed by atoms with E-state index in [1.807, 2.05) is 19.9 Å². The number of Topliss-reactive ketones (excluding diaryl/α,β-unsaturated/α-hetero) is 1. The minimum absolute atomic E-state index is 0.00655. The van der Waals surface area contributed by atoms with E-state index >= 15 is 0 Å². The van der Waals surface area contributed by atoms with Gasteiger partial charge in [0.1, 0.15) is 5.78 Å². The van der Waals surface area contributed by atoms with Gasteiger partial charge in [0.2, 0.25) is 0 Å². The molecule has 1 aromatic rings. The zero-order valence-electron chi connectivity index (χ0n) is 12.3. The molecule has 0 aromatic heterocycles. The summed E-state index contributed by atoms with van der Waals surface area (Å²) in [7, 11) is -3.39. The van der Waals surface area contributed by atoms with Crippen LogP contribution in [0.15, 0.2) is 29.2 Å². The number of rotatable bonds is 8. The van der Waals surface area contributed by atoms with E-state index < -0.39 is 15.8 Å². The summed E-state index contributed by atoms with van der Waals surface area (Å²) in [6.45, 7) is 5.66. The van der Waals surface area contributed by atoms with Crippen molar-refractivity contribution in [2.24, 2.45) is 5.92 Å². The highest BCUT2D eigenvalue weighted by Gasteiger charge is 2.23. The Hall–Kier alpha value is -0.810. The van der Waals surface area contributed by atoms with Crippen molar-refractivity contribution in [1.82, 2.24) is 0 Å². The van der Waals surface area contributed by atoms with Gasteiger partial charge in [-0.2, -0.15) is 11.8 Å². The van der Waals surface area contributed by atoms with Crippen molar-refractivity contribution in [2.75, 3.05) is 17.3 Å². The molecule has 0 aliphatic heterocycles. The molecule has 0 bridgehead atoms. The van der Waals surface area contributed by atoms with Crippen LogP contribution >= 0.6 is 11.8 Å². The van der Waals surface area contributed by atoms with E-state index in [1.165, 1.54) is 11.8 Å². The van der Waals surface area contributed by atoms with Crippen molar-refractivity contribution in [3.63, 3.8) is 0 Å². The maximum absolute atomic E-state index is 12.3. The summed E-state index contributed by atoms with van der Waals surface area (Å²) >= 11 is 1.53. The topological polar surface area (TPSA) is 51.2 Å². The summed E-state index contributed by atoms with van der Waals surface area (Å²) in [5, 5.41) is 0. The average molecular weight is 314 g/mol. The van der Waals surface area contributed by atoms with Gasteiger partial charge in [0.15, 0.2) is 9.84 Å². The Kier molecular flexibility index (Phi) is 6.76. The first-order valence-corrected chi connectivity index (χ1v) is 9.63. The molecule has 0 spiro atoms. The fourth-order valence-electron chi connectivity index (χ4n) is 1.82. The lowest BCUT2D eigenvalue weighted by molar-refractivity contribution is -0.119. The standard InChI is InChI=1S/C15H22O3S2/c1-4-13-7-6-8-14(9-13)20(17,18)11-12(3)15(16)10-19-5-2/h6-9,12H,4-5,10-11H2,1-3H3/t12-/m1/s1. The quantitative estimate of drug-likeness (QED) is 0.740. The molecule has 5 heteroatoms. The van der Waals surface area contributed by atoms with Crippen LogP contribution < -0.4 is 0 Å². The van der Waals surface area contributed by atoms with Gasteiger partial charge in [-0.1, -0.05) is 32.9 Å². The number of hydrogen-bond donors (Lipinski definition) is 0.